The largest absolute Gasteiger partial charge is 0.408 e. The Morgan fingerprint density at radius 2 is 2.00 bits per heavy atom. The Labute approximate surface area is 126 Å². The van der Waals surface area contributed by atoms with Gasteiger partial charge in [0.05, 0.1) is 11.4 Å². The highest BCUT2D eigenvalue weighted by Crippen LogP contribution is 2.17. The van der Waals surface area contributed by atoms with Crippen LogP contribution in [0, 0.1) is 0 Å². The molecule has 118 valence electrons. The number of halogens is 4. The molecule has 9 heteroatoms. The van der Waals surface area contributed by atoms with Crippen molar-refractivity contribution in [3.63, 3.8) is 0 Å². The number of nitrogens with zero attached hydrogens (tertiary/aromatic N) is 4. The summed E-state index contributed by atoms with van der Waals surface area (Å²) in [5.41, 5.74) is 1.35. The molecule has 0 saturated carbocycles. The standard InChI is InChI=1S/C12H16F3N5.ClH/c1-2-19-6-4-10(18-19)7-16-8-11-3-5-17-20(11)9-12(13,14)15;/h3-6,16H,2,7-9H2,1H3;1H. The monoisotopic (exact) mass is 323 g/mol. The van der Waals surface area contributed by atoms with E-state index in [4.69, 9.17) is 0 Å². The Hall–Kier alpha value is -1.54. The molecule has 0 spiro atoms. The van der Waals surface area contributed by atoms with Crippen molar-refractivity contribution in [2.75, 3.05) is 0 Å². The maximum absolute atomic E-state index is 12.3. The molecule has 0 atom stereocenters. The van der Waals surface area contributed by atoms with Crippen molar-refractivity contribution >= 4 is 12.4 Å². The summed E-state index contributed by atoms with van der Waals surface area (Å²) in [7, 11) is 0. The molecule has 0 unspecified atom stereocenters. The summed E-state index contributed by atoms with van der Waals surface area (Å²) < 4.78 is 39.8. The van der Waals surface area contributed by atoms with E-state index in [-0.39, 0.29) is 12.4 Å². The Morgan fingerprint density at radius 3 is 2.62 bits per heavy atom. The van der Waals surface area contributed by atoms with Gasteiger partial charge in [-0.1, -0.05) is 0 Å². The third-order valence-corrected chi connectivity index (χ3v) is 2.77. The minimum Gasteiger partial charge on any atom is -0.305 e. The van der Waals surface area contributed by atoms with E-state index in [9.17, 15) is 13.2 Å². The Bertz CT molecular complexity index is 549. The summed E-state index contributed by atoms with van der Waals surface area (Å²) in [5.74, 6) is 0. The number of hydrogen-bond acceptors (Lipinski definition) is 3. The smallest absolute Gasteiger partial charge is 0.305 e. The van der Waals surface area contributed by atoms with Gasteiger partial charge in [-0.15, -0.1) is 12.4 Å². The maximum Gasteiger partial charge on any atom is 0.408 e. The molecule has 0 fully saturated rings. The fraction of sp³-hybridized carbons (Fsp3) is 0.500. The van der Waals surface area contributed by atoms with Crippen molar-refractivity contribution < 1.29 is 13.2 Å². The molecular weight excluding hydrogens is 307 g/mol. The number of alkyl halides is 3. The summed E-state index contributed by atoms with van der Waals surface area (Å²) in [6, 6.07) is 3.45. The molecule has 0 aliphatic carbocycles. The van der Waals surface area contributed by atoms with Crippen molar-refractivity contribution in [2.45, 2.75) is 39.3 Å². The van der Waals surface area contributed by atoms with Gasteiger partial charge in [-0.05, 0) is 19.1 Å². The average molecular weight is 324 g/mol. The van der Waals surface area contributed by atoms with Crippen LogP contribution in [-0.4, -0.2) is 25.7 Å². The van der Waals surface area contributed by atoms with Gasteiger partial charge in [0.25, 0.3) is 0 Å². The molecule has 2 rings (SSSR count). The molecular formula is C12H17ClF3N5. The van der Waals surface area contributed by atoms with Crippen LogP contribution in [0.15, 0.2) is 24.5 Å². The van der Waals surface area contributed by atoms with Crippen molar-refractivity contribution in [1.29, 1.82) is 0 Å². The molecule has 0 aromatic carbocycles. The zero-order valence-electron chi connectivity index (χ0n) is 11.5. The van der Waals surface area contributed by atoms with Gasteiger partial charge in [-0.2, -0.15) is 23.4 Å². The SMILES string of the molecule is CCn1ccc(CNCc2ccnn2CC(F)(F)F)n1.Cl. The van der Waals surface area contributed by atoms with E-state index in [1.807, 2.05) is 19.2 Å². The van der Waals surface area contributed by atoms with Gasteiger partial charge in [0, 0.05) is 32.0 Å². The van der Waals surface area contributed by atoms with Gasteiger partial charge >= 0.3 is 6.18 Å². The molecule has 0 radical (unpaired) electrons. The Kier molecular flexibility index (Phi) is 6.22. The number of aryl methyl sites for hydroxylation is 1. The third kappa shape index (κ3) is 5.39. The first kappa shape index (κ1) is 17.5. The number of rotatable bonds is 6. The van der Waals surface area contributed by atoms with Crippen LogP contribution in [0.1, 0.15) is 18.3 Å². The van der Waals surface area contributed by atoms with E-state index >= 15 is 0 Å². The molecule has 2 aromatic heterocycles. The van der Waals surface area contributed by atoms with Crippen LogP contribution in [0.4, 0.5) is 13.2 Å². The first-order valence-corrected chi connectivity index (χ1v) is 6.28. The molecule has 0 amide bonds. The van der Waals surface area contributed by atoms with Crippen LogP contribution < -0.4 is 5.32 Å². The molecule has 0 bridgehead atoms. The van der Waals surface area contributed by atoms with Crippen LogP contribution in [0.25, 0.3) is 0 Å². The van der Waals surface area contributed by atoms with Gasteiger partial charge in [0.2, 0.25) is 0 Å². The highest BCUT2D eigenvalue weighted by atomic mass is 35.5. The maximum atomic E-state index is 12.3. The third-order valence-electron chi connectivity index (χ3n) is 2.77. The number of aromatic nitrogens is 4. The highest BCUT2D eigenvalue weighted by molar-refractivity contribution is 5.85. The molecule has 0 aliphatic heterocycles. The lowest BCUT2D eigenvalue weighted by molar-refractivity contribution is -0.143. The summed E-state index contributed by atoms with van der Waals surface area (Å²) in [5, 5.41) is 11.0. The fourth-order valence-electron chi connectivity index (χ4n) is 1.82. The molecule has 0 saturated heterocycles. The minimum absolute atomic E-state index is 0. The lowest BCUT2D eigenvalue weighted by Gasteiger charge is -2.10. The van der Waals surface area contributed by atoms with Gasteiger partial charge in [-0.3, -0.25) is 9.36 Å². The second-order valence-electron chi connectivity index (χ2n) is 4.36. The number of nitrogens with one attached hydrogen (secondary N) is 1. The quantitative estimate of drug-likeness (QED) is 0.888. The van der Waals surface area contributed by atoms with Gasteiger partial charge in [0.1, 0.15) is 6.54 Å². The van der Waals surface area contributed by atoms with Gasteiger partial charge in [0.15, 0.2) is 0 Å². The van der Waals surface area contributed by atoms with Crippen molar-refractivity contribution in [2.24, 2.45) is 0 Å². The first-order chi connectivity index (χ1) is 9.48. The van der Waals surface area contributed by atoms with Crippen molar-refractivity contribution in [3.8, 4) is 0 Å². The summed E-state index contributed by atoms with van der Waals surface area (Å²) >= 11 is 0. The molecule has 0 aliphatic rings. The van der Waals surface area contributed by atoms with Crippen LogP contribution >= 0.6 is 12.4 Å². The van der Waals surface area contributed by atoms with E-state index in [1.54, 1.807) is 10.7 Å². The van der Waals surface area contributed by atoms with E-state index in [0.717, 1.165) is 16.9 Å². The normalized spacial score (nSPS) is 11.4. The Balaban J connectivity index is 0.00000220. The average Bonchev–Trinajstić information content (AvgIpc) is 2.97. The second kappa shape index (κ2) is 7.46. The van der Waals surface area contributed by atoms with Crippen LogP contribution in [0.2, 0.25) is 0 Å². The summed E-state index contributed by atoms with van der Waals surface area (Å²) in [6.45, 7) is 2.53. The van der Waals surface area contributed by atoms with E-state index < -0.39 is 12.7 Å². The highest BCUT2D eigenvalue weighted by Gasteiger charge is 2.29. The molecule has 21 heavy (non-hydrogen) atoms. The first-order valence-electron chi connectivity index (χ1n) is 6.28. The molecule has 1 N–H and O–H groups in total. The molecule has 2 aromatic rings. The van der Waals surface area contributed by atoms with Crippen molar-refractivity contribution in [3.05, 3.63) is 35.9 Å². The Morgan fingerprint density at radius 1 is 1.24 bits per heavy atom. The van der Waals surface area contributed by atoms with Crippen LogP contribution in [-0.2, 0) is 26.2 Å². The van der Waals surface area contributed by atoms with E-state index in [1.165, 1.54) is 6.20 Å². The van der Waals surface area contributed by atoms with Crippen molar-refractivity contribution in [1.82, 2.24) is 24.9 Å². The predicted octanol–water partition coefficient (Wildman–Crippen LogP) is 2.37. The summed E-state index contributed by atoms with van der Waals surface area (Å²) in [4.78, 5) is 0. The predicted molar refractivity (Wildman–Crippen MR) is 74.0 cm³/mol. The summed E-state index contributed by atoms with van der Waals surface area (Å²) in [6.07, 6.45) is -1.03. The lowest BCUT2D eigenvalue weighted by Crippen LogP contribution is -2.23. The zero-order chi connectivity index (χ0) is 14.6. The molecule has 2 heterocycles. The fourth-order valence-corrected chi connectivity index (χ4v) is 1.82. The number of hydrogen-bond donors (Lipinski definition) is 1. The van der Waals surface area contributed by atoms with Crippen LogP contribution in [0.5, 0.6) is 0 Å². The molecule has 5 nitrogen and oxygen atoms in total. The van der Waals surface area contributed by atoms with Gasteiger partial charge < -0.3 is 5.32 Å². The second-order valence-corrected chi connectivity index (χ2v) is 4.36. The topological polar surface area (TPSA) is 47.7 Å². The van der Waals surface area contributed by atoms with Crippen LogP contribution in [0.3, 0.4) is 0 Å². The van der Waals surface area contributed by atoms with E-state index in [0.29, 0.717) is 18.8 Å². The minimum atomic E-state index is -4.26. The lowest BCUT2D eigenvalue weighted by atomic mass is 10.4. The van der Waals surface area contributed by atoms with E-state index in [2.05, 4.69) is 15.5 Å². The zero-order valence-corrected chi connectivity index (χ0v) is 12.3. The van der Waals surface area contributed by atoms with Gasteiger partial charge in [-0.25, -0.2) is 0 Å².